The van der Waals surface area contributed by atoms with E-state index in [1.807, 2.05) is 5.32 Å². The normalized spacial score (nSPS) is 17.1. The lowest BCUT2D eigenvalue weighted by Crippen LogP contribution is -2.60. The molecule has 3 unspecified atom stereocenters. The van der Waals surface area contributed by atoms with E-state index in [0.717, 1.165) is 6.07 Å². The van der Waals surface area contributed by atoms with Crippen molar-refractivity contribution in [2.24, 2.45) is 0 Å². The number of carboxylic acids is 1. The quantitative estimate of drug-likeness (QED) is 0.251. The summed E-state index contributed by atoms with van der Waals surface area (Å²) in [5.41, 5.74) is -0.251. The first-order valence-electron chi connectivity index (χ1n) is 10.6. The largest absolute Gasteiger partial charge is 0.493 e. The van der Waals surface area contributed by atoms with E-state index in [1.165, 1.54) is 26.4 Å². The van der Waals surface area contributed by atoms with Crippen LogP contribution in [0.25, 0.3) is 0 Å². The molecule has 36 heavy (non-hydrogen) atoms. The highest BCUT2D eigenvalue weighted by Gasteiger charge is 2.50. The smallest absolute Gasteiger partial charge is 0.476 e. The van der Waals surface area contributed by atoms with Gasteiger partial charge in [-0.05, 0) is 31.0 Å². The van der Waals surface area contributed by atoms with Gasteiger partial charge in [0.25, 0.3) is 11.8 Å². The minimum absolute atomic E-state index is 0.0624. The highest BCUT2D eigenvalue weighted by molar-refractivity contribution is 6.44. The minimum atomic E-state index is -5.22. The van der Waals surface area contributed by atoms with Crippen LogP contribution in [0.3, 0.4) is 0 Å². The maximum absolute atomic E-state index is 13.8. The van der Waals surface area contributed by atoms with E-state index in [2.05, 4.69) is 0 Å². The molecule has 1 aromatic carbocycles. The zero-order valence-electron chi connectivity index (χ0n) is 19.2. The van der Waals surface area contributed by atoms with Crippen LogP contribution in [0.1, 0.15) is 29.6 Å². The molecule has 0 aromatic heterocycles. The summed E-state index contributed by atoms with van der Waals surface area (Å²) in [6.45, 7) is -0.249. The summed E-state index contributed by atoms with van der Waals surface area (Å²) in [5, 5.41) is 31.1. The van der Waals surface area contributed by atoms with Crippen molar-refractivity contribution >= 4 is 30.8 Å². The maximum atomic E-state index is 13.8. The van der Waals surface area contributed by atoms with E-state index in [4.69, 9.17) is 14.6 Å². The van der Waals surface area contributed by atoms with Gasteiger partial charge < -0.3 is 40.2 Å². The molecule has 0 bridgehead atoms. The van der Waals surface area contributed by atoms with Gasteiger partial charge in [-0.2, -0.15) is 13.2 Å². The molecule has 1 aliphatic rings. The molecular weight excluding hydrogens is 494 g/mol. The van der Waals surface area contributed by atoms with Gasteiger partial charge in [0.2, 0.25) is 11.9 Å². The zero-order valence-corrected chi connectivity index (χ0v) is 19.2. The number of aliphatic carboxylic acids is 1. The van der Waals surface area contributed by atoms with E-state index in [9.17, 15) is 42.4 Å². The Balaban J connectivity index is 2.24. The van der Waals surface area contributed by atoms with Crippen molar-refractivity contribution in [2.75, 3.05) is 20.8 Å². The number of carboxylic acid groups (broad SMARTS) is 1. The molecule has 3 amide bonds. The molecule has 12 nitrogen and oxygen atoms in total. The summed E-state index contributed by atoms with van der Waals surface area (Å²) >= 11 is 0. The van der Waals surface area contributed by atoms with Gasteiger partial charge in [0.05, 0.1) is 26.6 Å². The molecular formula is C20H25BF3N3O9. The molecule has 1 heterocycles. The topological polar surface area (TPSA) is 175 Å². The summed E-state index contributed by atoms with van der Waals surface area (Å²) in [7, 11) is 0.319. The predicted octanol–water partition coefficient (Wildman–Crippen LogP) is -0.673. The van der Waals surface area contributed by atoms with Crippen molar-refractivity contribution in [2.45, 2.75) is 43.5 Å². The van der Waals surface area contributed by atoms with Gasteiger partial charge in [-0.25, -0.2) is 0 Å². The van der Waals surface area contributed by atoms with Crippen molar-refractivity contribution in [3.05, 3.63) is 23.8 Å². The number of halogens is 3. The highest BCUT2D eigenvalue weighted by atomic mass is 19.4. The van der Waals surface area contributed by atoms with Crippen LogP contribution < -0.4 is 20.1 Å². The number of hydrogen-bond donors (Lipinski definition) is 5. The van der Waals surface area contributed by atoms with Crippen LogP contribution in [-0.2, 0) is 14.4 Å². The molecule has 198 valence electrons. The lowest BCUT2D eigenvalue weighted by atomic mass is 9.77. The van der Waals surface area contributed by atoms with Crippen molar-refractivity contribution in [3.8, 4) is 11.5 Å². The number of nitrogens with one attached hydrogen (secondary N) is 2. The Hall–Kier alpha value is -3.53. The van der Waals surface area contributed by atoms with E-state index in [-0.39, 0.29) is 36.4 Å². The summed E-state index contributed by atoms with van der Waals surface area (Å²) in [4.78, 5) is 49.5. The van der Waals surface area contributed by atoms with Gasteiger partial charge in [-0.1, -0.05) is 0 Å². The summed E-state index contributed by atoms with van der Waals surface area (Å²) in [6, 6.07) is -0.854. The molecule has 0 spiro atoms. The second-order valence-electron chi connectivity index (χ2n) is 7.83. The molecule has 1 saturated heterocycles. The van der Waals surface area contributed by atoms with E-state index >= 15 is 0 Å². The number of amides is 3. The maximum Gasteiger partial charge on any atom is 0.476 e. The lowest BCUT2D eigenvalue weighted by molar-refractivity contribution is -0.175. The standard InChI is InChI=1S/C20H25BF3N3O9/c1-35-12-6-5-10(8-13(12)36-2)17(30)26-16(20(22,23)24)19(32)27-7-3-4-11(27)18(31)25-14(21(33)34)9-15(28)29/h5-6,8,11,14,16,33-34H,3-4,7,9H2,1-2H3,(H,25,31)(H,26,30)(H,28,29). The Labute approximate surface area is 203 Å². The molecule has 1 fully saturated rings. The van der Waals surface area contributed by atoms with Gasteiger partial charge in [0.1, 0.15) is 6.04 Å². The third-order valence-corrected chi connectivity index (χ3v) is 5.42. The Bertz CT molecular complexity index is 993. The fourth-order valence-corrected chi connectivity index (χ4v) is 3.64. The van der Waals surface area contributed by atoms with Gasteiger partial charge >= 0.3 is 19.3 Å². The van der Waals surface area contributed by atoms with Crippen LogP contribution >= 0.6 is 0 Å². The molecule has 2 rings (SSSR count). The van der Waals surface area contributed by atoms with E-state index in [0.29, 0.717) is 4.90 Å². The zero-order chi connectivity index (χ0) is 27.2. The Morgan fingerprint density at radius 1 is 1.14 bits per heavy atom. The lowest BCUT2D eigenvalue weighted by Gasteiger charge is -2.30. The number of carbonyl (C=O) groups is 4. The van der Waals surface area contributed by atoms with Crippen LogP contribution in [-0.4, -0.2) is 95.8 Å². The Morgan fingerprint density at radius 3 is 2.31 bits per heavy atom. The molecule has 3 atom stereocenters. The first-order valence-corrected chi connectivity index (χ1v) is 10.6. The van der Waals surface area contributed by atoms with Gasteiger partial charge in [0, 0.05) is 12.1 Å². The molecule has 0 saturated carbocycles. The fourth-order valence-electron chi connectivity index (χ4n) is 3.64. The number of carbonyl (C=O) groups excluding carboxylic acids is 3. The van der Waals surface area contributed by atoms with Crippen molar-refractivity contribution in [1.82, 2.24) is 15.5 Å². The second-order valence-corrected chi connectivity index (χ2v) is 7.83. The van der Waals surface area contributed by atoms with Crippen LogP contribution in [0.4, 0.5) is 13.2 Å². The van der Waals surface area contributed by atoms with Crippen molar-refractivity contribution in [3.63, 3.8) is 0 Å². The number of ether oxygens (including phenoxy) is 2. The number of likely N-dealkylation sites (tertiary alicyclic amines) is 1. The van der Waals surface area contributed by atoms with Crippen LogP contribution in [0, 0.1) is 0 Å². The number of nitrogens with zero attached hydrogens (tertiary/aromatic N) is 1. The molecule has 1 aromatic rings. The first kappa shape index (κ1) is 28.7. The average molecular weight is 519 g/mol. The van der Waals surface area contributed by atoms with Crippen molar-refractivity contribution < 1.29 is 57.0 Å². The van der Waals surface area contributed by atoms with E-state index < -0.39 is 61.4 Å². The molecule has 1 aliphatic heterocycles. The fraction of sp³-hybridized carbons (Fsp3) is 0.500. The average Bonchev–Trinajstić information content (AvgIpc) is 3.30. The van der Waals surface area contributed by atoms with E-state index in [1.54, 1.807) is 5.32 Å². The van der Waals surface area contributed by atoms with Gasteiger partial charge in [-0.15, -0.1) is 0 Å². The number of methoxy groups -OCH3 is 2. The predicted molar refractivity (Wildman–Crippen MR) is 116 cm³/mol. The van der Waals surface area contributed by atoms with Crippen LogP contribution in [0.2, 0.25) is 0 Å². The monoisotopic (exact) mass is 519 g/mol. The van der Waals surface area contributed by atoms with Crippen LogP contribution in [0.15, 0.2) is 18.2 Å². The molecule has 16 heteroatoms. The Morgan fingerprint density at radius 2 is 1.78 bits per heavy atom. The summed E-state index contributed by atoms with van der Waals surface area (Å²) < 4.78 is 51.5. The number of hydrogen-bond acceptors (Lipinski definition) is 8. The molecule has 0 radical (unpaired) electrons. The molecule has 5 N–H and O–H groups in total. The third-order valence-electron chi connectivity index (χ3n) is 5.42. The van der Waals surface area contributed by atoms with Crippen molar-refractivity contribution in [1.29, 1.82) is 0 Å². The number of rotatable bonds is 10. The van der Waals surface area contributed by atoms with Gasteiger partial charge in [-0.3, -0.25) is 19.2 Å². The number of benzene rings is 1. The van der Waals surface area contributed by atoms with Gasteiger partial charge in [0.15, 0.2) is 11.5 Å². The number of alkyl halides is 3. The summed E-state index contributed by atoms with van der Waals surface area (Å²) in [5.74, 6) is -6.74. The minimum Gasteiger partial charge on any atom is -0.493 e. The highest BCUT2D eigenvalue weighted by Crippen LogP contribution is 2.29. The summed E-state index contributed by atoms with van der Waals surface area (Å²) in [6.07, 6.45) is -6.02. The SMILES string of the molecule is COc1ccc(C(=O)NC(C(=O)N2CCCC2C(=O)NC(CC(=O)O)B(O)O)C(F)(F)F)cc1OC. The Kier molecular flexibility index (Phi) is 9.52. The second kappa shape index (κ2) is 11.9. The first-order chi connectivity index (χ1) is 16.8. The molecule has 0 aliphatic carbocycles. The van der Waals surface area contributed by atoms with Crippen LogP contribution in [0.5, 0.6) is 11.5 Å². The third kappa shape index (κ3) is 7.01.